The zero-order valence-corrected chi connectivity index (χ0v) is 15.9. The second-order valence-electron chi connectivity index (χ2n) is 6.56. The molecule has 0 saturated carbocycles. The van der Waals surface area contributed by atoms with Crippen LogP contribution >= 0.6 is 0 Å². The molecule has 0 spiro atoms. The Morgan fingerprint density at radius 2 is 2.08 bits per heavy atom. The van der Waals surface area contributed by atoms with Crippen LogP contribution in [0.1, 0.15) is 25.3 Å². The van der Waals surface area contributed by atoms with Crippen molar-refractivity contribution in [1.29, 1.82) is 0 Å². The summed E-state index contributed by atoms with van der Waals surface area (Å²) in [5.41, 5.74) is 1.90. The molecule has 3 rings (SSSR count). The standard InChI is InChI=1S/C20H26N2O4/c1-5-26-20(23)14-7-6-8-22(12-14)18-9-13(2)16-10-15(24-3)11-17(25-4)19(16)21-18/h9-11,14H,5-8,12H2,1-4H3/t14-/m0/s1. The molecule has 2 heterocycles. The Balaban J connectivity index is 1.96. The van der Waals surface area contributed by atoms with E-state index in [-0.39, 0.29) is 11.9 Å². The molecule has 1 saturated heterocycles. The molecular weight excluding hydrogens is 332 g/mol. The molecule has 1 aliphatic heterocycles. The number of pyridine rings is 1. The number of aromatic nitrogens is 1. The van der Waals surface area contributed by atoms with E-state index in [1.165, 1.54) is 0 Å². The van der Waals surface area contributed by atoms with Gasteiger partial charge in [-0.1, -0.05) is 0 Å². The van der Waals surface area contributed by atoms with Crippen molar-refractivity contribution in [2.24, 2.45) is 5.92 Å². The van der Waals surface area contributed by atoms with E-state index >= 15 is 0 Å². The van der Waals surface area contributed by atoms with Gasteiger partial charge in [0.15, 0.2) is 0 Å². The summed E-state index contributed by atoms with van der Waals surface area (Å²) in [6.07, 6.45) is 1.81. The van der Waals surface area contributed by atoms with E-state index in [9.17, 15) is 4.79 Å². The monoisotopic (exact) mass is 358 g/mol. The molecule has 0 aliphatic carbocycles. The number of hydrogen-bond donors (Lipinski definition) is 0. The number of aryl methyl sites for hydroxylation is 1. The number of rotatable bonds is 5. The van der Waals surface area contributed by atoms with Crippen LogP contribution in [0.25, 0.3) is 10.9 Å². The van der Waals surface area contributed by atoms with E-state index in [2.05, 4.69) is 17.9 Å². The first kappa shape index (κ1) is 18.3. The van der Waals surface area contributed by atoms with Crippen molar-refractivity contribution >= 4 is 22.7 Å². The third-order valence-electron chi connectivity index (χ3n) is 4.87. The first-order valence-corrected chi connectivity index (χ1v) is 9.02. The van der Waals surface area contributed by atoms with Crippen molar-refractivity contribution < 1.29 is 19.0 Å². The number of anilines is 1. The number of benzene rings is 1. The molecule has 0 radical (unpaired) electrons. The lowest BCUT2D eigenvalue weighted by atomic mass is 9.98. The van der Waals surface area contributed by atoms with Gasteiger partial charge in [0.25, 0.3) is 0 Å². The molecule has 1 atom stereocenters. The zero-order chi connectivity index (χ0) is 18.7. The van der Waals surface area contributed by atoms with Crippen LogP contribution in [0, 0.1) is 12.8 Å². The Morgan fingerprint density at radius 3 is 2.77 bits per heavy atom. The average Bonchev–Trinajstić information content (AvgIpc) is 2.67. The van der Waals surface area contributed by atoms with Gasteiger partial charge in [-0.2, -0.15) is 0 Å². The first-order chi connectivity index (χ1) is 12.6. The zero-order valence-electron chi connectivity index (χ0n) is 15.9. The third kappa shape index (κ3) is 3.54. The van der Waals surface area contributed by atoms with Gasteiger partial charge in [0.2, 0.25) is 0 Å². The van der Waals surface area contributed by atoms with Crippen molar-refractivity contribution in [2.75, 3.05) is 38.8 Å². The summed E-state index contributed by atoms with van der Waals surface area (Å²) >= 11 is 0. The number of ether oxygens (including phenoxy) is 3. The lowest BCUT2D eigenvalue weighted by molar-refractivity contribution is -0.148. The highest BCUT2D eigenvalue weighted by molar-refractivity contribution is 5.90. The fourth-order valence-electron chi connectivity index (χ4n) is 3.49. The van der Waals surface area contributed by atoms with Gasteiger partial charge in [0.05, 0.1) is 26.7 Å². The summed E-state index contributed by atoms with van der Waals surface area (Å²) in [5, 5.41) is 1.00. The van der Waals surface area contributed by atoms with E-state index < -0.39 is 0 Å². The van der Waals surface area contributed by atoms with Gasteiger partial charge < -0.3 is 19.1 Å². The first-order valence-electron chi connectivity index (χ1n) is 9.02. The Labute approximate surface area is 154 Å². The molecule has 26 heavy (non-hydrogen) atoms. The van der Waals surface area contributed by atoms with Crippen LogP contribution in [0.2, 0.25) is 0 Å². The number of carbonyl (C=O) groups excluding carboxylic acids is 1. The maximum absolute atomic E-state index is 12.1. The number of esters is 1. The Bertz CT molecular complexity index is 806. The highest BCUT2D eigenvalue weighted by Gasteiger charge is 2.28. The van der Waals surface area contributed by atoms with Gasteiger partial charge in [-0.15, -0.1) is 0 Å². The largest absolute Gasteiger partial charge is 0.497 e. The van der Waals surface area contributed by atoms with Crippen LogP contribution in [0.15, 0.2) is 18.2 Å². The van der Waals surface area contributed by atoms with Crippen LogP contribution < -0.4 is 14.4 Å². The predicted octanol–water partition coefficient (Wildman–Crippen LogP) is 3.34. The van der Waals surface area contributed by atoms with E-state index in [0.717, 1.165) is 47.4 Å². The molecule has 1 aliphatic rings. The van der Waals surface area contributed by atoms with E-state index in [1.807, 2.05) is 19.1 Å². The fraction of sp³-hybridized carbons (Fsp3) is 0.500. The van der Waals surface area contributed by atoms with E-state index in [1.54, 1.807) is 14.2 Å². The molecule has 1 aromatic heterocycles. The molecule has 2 aromatic rings. The fourth-order valence-corrected chi connectivity index (χ4v) is 3.49. The molecule has 1 fully saturated rings. The van der Waals surface area contributed by atoms with Crippen molar-refractivity contribution in [2.45, 2.75) is 26.7 Å². The topological polar surface area (TPSA) is 60.9 Å². The minimum absolute atomic E-state index is 0.0979. The molecule has 0 unspecified atom stereocenters. The molecule has 0 N–H and O–H groups in total. The second-order valence-corrected chi connectivity index (χ2v) is 6.56. The molecule has 140 valence electrons. The highest BCUT2D eigenvalue weighted by atomic mass is 16.5. The summed E-state index contributed by atoms with van der Waals surface area (Å²) in [5.74, 6) is 2.08. The lowest BCUT2D eigenvalue weighted by Crippen LogP contribution is -2.39. The summed E-state index contributed by atoms with van der Waals surface area (Å²) in [7, 11) is 3.27. The summed E-state index contributed by atoms with van der Waals surface area (Å²) in [6.45, 7) is 5.83. The second kappa shape index (κ2) is 7.81. The average molecular weight is 358 g/mol. The van der Waals surface area contributed by atoms with Gasteiger partial charge >= 0.3 is 5.97 Å². The maximum Gasteiger partial charge on any atom is 0.310 e. The Morgan fingerprint density at radius 1 is 1.27 bits per heavy atom. The molecule has 0 amide bonds. The molecule has 6 heteroatoms. The molecule has 1 aromatic carbocycles. The van der Waals surface area contributed by atoms with Crippen LogP contribution in [0.3, 0.4) is 0 Å². The van der Waals surface area contributed by atoms with Gasteiger partial charge in [0.1, 0.15) is 22.8 Å². The number of carbonyl (C=O) groups is 1. The SMILES string of the molecule is CCOC(=O)[C@H]1CCCN(c2cc(C)c3cc(OC)cc(OC)c3n2)C1. The number of piperidine rings is 1. The van der Waals surface area contributed by atoms with E-state index in [4.69, 9.17) is 19.2 Å². The predicted molar refractivity (Wildman–Crippen MR) is 101 cm³/mol. The van der Waals surface area contributed by atoms with Gasteiger partial charge in [-0.3, -0.25) is 4.79 Å². The van der Waals surface area contributed by atoms with Gasteiger partial charge in [-0.25, -0.2) is 4.98 Å². The smallest absolute Gasteiger partial charge is 0.310 e. The Kier molecular flexibility index (Phi) is 5.49. The van der Waals surface area contributed by atoms with Crippen molar-refractivity contribution in [3.63, 3.8) is 0 Å². The molecular formula is C20H26N2O4. The lowest BCUT2D eigenvalue weighted by Gasteiger charge is -2.32. The van der Waals surface area contributed by atoms with Crippen LogP contribution in [-0.2, 0) is 9.53 Å². The minimum atomic E-state index is -0.114. The quantitative estimate of drug-likeness (QED) is 0.764. The number of fused-ring (bicyclic) bond motifs is 1. The summed E-state index contributed by atoms with van der Waals surface area (Å²) in [4.78, 5) is 19.1. The summed E-state index contributed by atoms with van der Waals surface area (Å²) in [6, 6.07) is 5.88. The van der Waals surface area contributed by atoms with Crippen molar-refractivity contribution in [1.82, 2.24) is 4.98 Å². The van der Waals surface area contributed by atoms with Crippen LogP contribution in [0.5, 0.6) is 11.5 Å². The van der Waals surface area contributed by atoms with Gasteiger partial charge in [-0.05, 0) is 44.4 Å². The number of methoxy groups -OCH3 is 2. The molecule has 6 nitrogen and oxygen atoms in total. The van der Waals surface area contributed by atoms with Gasteiger partial charge in [0, 0.05) is 24.5 Å². The number of nitrogens with zero attached hydrogens (tertiary/aromatic N) is 2. The van der Waals surface area contributed by atoms with Crippen molar-refractivity contribution in [3.05, 3.63) is 23.8 Å². The third-order valence-corrected chi connectivity index (χ3v) is 4.87. The Hall–Kier alpha value is -2.50. The minimum Gasteiger partial charge on any atom is -0.497 e. The van der Waals surface area contributed by atoms with Crippen LogP contribution in [0.4, 0.5) is 5.82 Å². The van der Waals surface area contributed by atoms with Crippen LogP contribution in [-0.4, -0.2) is 44.9 Å². The summed E-state index contributed by atoms with van der Waals surface area (Å²) < 4.78 is 16.1. The highest BCUT2D eigenvalue weighted by Crippen LogP contribution is 2.34. The van der Waals surface area contributed by atoms with E-state index in [0.29, 0.717) is 18.9 Å². The normalized spacial score (nSPS) is 17.2. The molecule has 0 bridgehead atoms. The van der Waals surface area contributed by atoms with Crippen molar-refractivity contribution in [3.8, 4) is 11.5 Å². The maximum atomic E-state index is 12.1. The number of hydrogen-bond acceptors (Lipinski definition) is 6.